The van der Waals surface area contributed by atoms with Crippen molar-refractivity contribution in [1.29, 1.82) is 0 Å². The molecule has 0 fully saturated rings. The molecule has 0 amide bonds. The lowest BCUT2D eigenvalue weighted by molar-refractivity contribution is 0.274. The van der Waals surface area contributed by atoms with Crippen LogP contribution in [-0.4, -0.2) is 10.1 Å². The second kappa shape index (κ2) is 6.12. The maximum atomic E-state index is 9.31. The lowest BCUT2D eigenvalue weighted by atomic mass is 10.2. The molecule has 0 aliphatic carbocycles. The summed E-state index contributed by atoms with van der Waals surface area (Å²) in [6.45, 7) is 0.256. The number of pyridine rings is 1. The van der Waals surface area contributed by atoms with Crippen molar-refractivity contribution >= 4 is 22.5 Å². The molecule has 2 aromatic carbocycles. The molecule has 0 saturated heterocycles. The molecule has 3 nitrogen and oxygen atoms in total. The van der Waals surface area contributed by atoms with Gasteiger partial charge < -0.3 is 9.84 Å². The molecule has 3 aromatic rings. The van der Waals surface area contributed by atoms with E-state index in [1.54, 1.807) is 6.07 Å². The second-order valence-corrected chi connectivity index (χ2v) is 5.07. The fraction of sp³-hybridized carbons (Fsp3) is 0.118. The van der Waals surface area contributed by atoms with E-state index in [4.69, 9.17) is 16.3 Å². The van der Waals surface area contributed by atoms with Crippen molar-refractivity contribution in [2.45, 2.75) is 13.2 Å². The molecule has 0 aliphatic heterocycles. The predicted molar refractivity (Wildman–Crippen MR) is 83.4 cm³/mol. The minimum atomic E-state index is -0.118. The molecule has 1 N–H and O–H groups in total. The normalized spacial score (nSPS) is 10.8. The third-order valence-corrected chi connectivity index (χ3v) is 3.60. The smallest absolute Gasteiger partial charge is 0.131 e. The van der Waals surface area contributed by atoms with Crippen LogP contribution in [0.5, 0.6) is 5.75 Å². The maximum Gasteiger partial charge on any atom is 0.131 e. The number of aliphatic hydroxyl groups excluding tert-OH is 1. The molecule has 21 heavy (non-hydrogen) atoms. The van der Waals surface area contributed by atoms with Gasteiger partial charge in [-0.3, -0.25) is 4.98 Å². The summed E-state index contributed by atoms with van der Waals surface area (Å²) in [6.07, 6.45) is 0. The van der Waals surface area contributed by atoms with E-state index in [-0.39, 0.29) is 6.61 Å². The Balaban J connectivity index is 1.94. The molecule has 4 heteroatoms. The van der Waals surface area contributed by atoms with Crippen molar-refractivity contribution in [1.82, 2.24) is 4.98 Å². The Morgan fingerprint density at radius 1 is 1.05 bits per heavy atom. The van der Waals surface area contributed by atoms with E-state index in [0.29, 0.717) is 23.1 Å². The van der Waals surface area contributed by atoms with Crippen molar-refractivity contribution in [2.75, 3.05) is 0 Å². The Morgan fingerprint density at radius 3 is 2.62 bits per heavy atom. The highest BCUT2D eigenvalue weighted by molar-refractivity contribution is 6.31. The molecule has 0 saturated carbocycles. The average molecular weight is 300 g/mol. The van der Waals surface area contributed by atoms with Gasteiger partial charge in [0.1, 0.15) is 12.4 Å². The summed E-state index contributed by atoms with van der Waals surface area (Å²) in [5.41, 5.74) is 2.31. The van der Waals surface area contributed by atoms with Crippen molar-refractivity contribution in [3.8, 4) is 5.75 Å². The van der Waals surface area contributed by atoms with Crippen LogP contribution in [0.4, 0.5) is 0 Å². The van der Waals surface area contributed by atoms with Crippen LogP contribution in [0.2, 0.25) is 5.02 Å². The van der Waals surface area contributed by atoms with Gasteiger partial charge in [-0.1, -0.05) is 41.9 Å². The standard InChI is InChI=1S/C17H14ClNO2/c18-15-7-3-1-5-12(15)11-21-17-9-13(10-20)19-16-8-4-2-6-14(16)17/h1-9,20H,10-11H2. The number of hydrogen-bond acceptors (Lipinski definition) is 3. The molecule has 0 aliphatic rings. The molecule has 1 aromatic heterocycles. The van der Waals surface area contributed by atoms with E-state index in [0.717, 1.165) is 16.5 Å². The Kier molecular flexibility index (Phi) is 4.04. The van der Waals surface area contributed by atoms with E-state index < -0.39 is 0 Å². The molecule has 0 radical (unpaired) electrons. The second-order valence-electron chi connectivity index (χ2n) is 4.67. The molecule has 1 heterocycles. The first-order valence-corrected chi connectivity index (χ1v) is 7.01. The van der Waals surface area contributed by atoms with Crippen molar-refractivity contribution in [2.24, 2.45) is 0 Å². The Morgan fingerprint density at radius 2 is 1.81 bits per heavy atom. The molecular weight excluding hydrogens is 286 g/mol. The van der Waals surface area contributed by atoms with Crippen molar-refractivity contribution in [3.63, 3.8) is 0 Å². The summed E-state index contributed by atoms with van der Waals surface area (Å²) in [5, 5.41) is 10.9. The summed E-state index contributed by atoms with van der Waals surface area (Å²) in [6, 6.07) is 17.0. The van der Waals surface area contributed by atoms with Gasteiger partial charge in [0.2, 0.25) is 0 Å². The lowest BCUT2D eigenvalue weighted by Crippen LogP contribution is -1.99. The third-order valence-electron chi connectivity index (χ3n) is 3.23. The number of aromatic nitrogens is 1. The fourth-order valence-electron chi connectivity index (χ4n) is 2.17. The number of halogens is 1. The number of nitrogens with zero attached hydrogens (tertiary/aromatic N) is 1. The number of hydrogen-bond donors (Lipinski definition) is 1. The first kappa shape index (κ1) is 13.9. The monoisotopic (exact) mass is 299 g/mol. The zero-order valence-corrected chi connectivity index (χ0v) is 12.0. The first-order valence-electron chi connectivity index (χ1n) is 6.63. The molecule has 0 bridgehead atoms. The number of benzene rings is 2. The van der Waals surface area contributed by atoms with Crippen LogP contribution < -0.4 is 4.74 Å². The van der Waals surface area contributed by atoms with Crippen LogP contribution >= 0.6 is 11.6 Å². The lowest BCUT2D eigenvalue weighted by Gasteiger charge is -2.11. The third kappa shape index (κ3) is 2.99. The largest absolute Gasteiger partial charge is 0.488 e. The van der Waals surface area contributed by atoms with Gasteiger partial charge >= 0.3 is 0 Å². The van der Waals surface area contributed by atoms with E-state index in [1.165, 1.54) is 0 Å². The van der Waals surface area contributed by atoms with Crippen LogP contribution in [0, 0.1) is 0 Å². The van der Waals surface area contributed by atoms with Crippen LogP contribution in [0.1, 0.15) is 11.3 Å². The SMILES string of the molecule is OCc1cc(OCc2ccccc2Cl)c2ccccc2n1. The van der Waals surface area contributed by atoms with E-state index >= 15 is 0 Å². The van der Waals surface area contributed by atoms with Gasteiger partial charge in [-0.25, -0.2) is 0 Å². The number of ether oxygens (including phenoxy) is 1. The summed E-state index contributed by atoms with van der Waals surface area (Å²) in [7, 11) is 0. The van der Waals surface area contributed by atoms with Gasteiger partial charge in [0.15, 0.2) is 0 Å². The Bertz CT molecular complexity index is 774. The topological polar surface area (TPSA) is 42.4 Å². The highest BCUT2D eigenvalue weighted by Crippen LogP contribution is 2.27. The predicted octanol–water partition coefficient (Wildman–Crippen LogP) is 3.96. The van der Waals surface area contributed by atoms with Crippen LogP contribution in [0.25, 0.3) is 10.9 Å². The fourth-order valence-corrected chi connectivity index (χ4v) is 2.36. The molecule has 0 spiro atoms. The summed E-state index contributed by atoms with van der Waals surface area (Å²) < 4.78 is 5.89. The average Bonchev–Trinajstić information content (AvgIpc) is 2.53. The highest BCUT2D eigenvalue weighted by Gasteiger charge is 2.07. The van der Waals surface area contributed by atoms with Gasteiger partial charge in [0.05, 0.1) is 17.8 Å². The minimum Gasteiger partial charge on any atom is -0.488 e. The van der Waals surface area contributed by atoms with Gasteiger partial charge in [0, 0.05) is 22.0 Å². The van der Waals surface area contributed by atoms with Gasteiger partial charge in [0.25, 0.3) is 0 Å². The number of rotatable bonds is 4. The van der Waals surface area contributed by atoms with Crippen molar-refractivity contribution < 1.29 is 9.84 Å². The highest BCUT2D eigenvalue weighted by atomic mass is 35.5. The summed E-state index contributed by atoms with van der Waals surface area (Å²) >= 11 is 6.13. The maximum absolute atomic E-state index is 9.31. The zero-order valence-electron chi connectivity index (χ0n) is 11.3. The summed E-state index contributed by atoms with van der Waals surface area (Å²) in [4.78, 5) is 4.37. The number of aliphatic hydroxyl groups is 1. The quantitative estimate of drug-likeness (QED) is 0.793. The van der Waals surface area contributed by atoms with Crippen LogP contribution in [0.3, 0.4) is 0 Å². The minimum absolute atomic E-state index is 0.118. The summed E-state index contributed by atoms with van der Waals surface area (Å²) in [5.74, 6) is 0.699. The van der Waals surface area contributed by atoms with E-state index in [9.17, 15) is 5.11 Å². The Hall–Kier alpha value is -2.10. The van der Waals surface area contributed by atoms with Gasteiger partial charge in [-0.2, -0.15) is 0 Å². The van der Waals surface area contributed by atoms with Crippen LogP contribution in [0.15, 0.2) is 54.6 Å². The molecule has 3 rings (SSSR count). The molecular formula is C17H14ClNO2. The molecule has 0 unspecified atom stereocenters. The first-order chi connectivity index (χ1) is 10.3. The zero-order chi connectivity index (χ0) is 14.7. The van der Waals surface area contributed by atoms with E-state index in [2.05, 4.69) is 4.98 Å². The number of fused-ring (bicyclic) bond motifs is 1. The van der Waals surface area contributed by atoms with E-state index in [1.807, 2.05) is 48.5 Å². The molecule has 0 atom stereocenters. The van der Waals surface area contributed by atoms with Crippen LogP contribution in [-0.2, 0) is 13.2 Å². The number of para-hydroxylation sites is 1. The Labute approximate surface area is 127 Å². The van der Waals surface area contributed by atoms with Gasteiger partial charge in [-0.05, 0) is 18.2 Å². The molecule has 106 valence electrons. The van der Waals surface area contributed by atoms with Crippen molar-refractivity contribution in [3.05, 3.63) is 70.9 Å². The van der Waals surface area contributed by atoms with Gasteiger partial charge in [-0.15, -0.1) is 0 Å².